The van der Waals surface area contributed by atoms with Gasteiger partial charge in [-0.25, -0.2) is 0 Å². The summed E-state index contributed by atoms with van der Waals surface area (Å²) in [7, 11) is 0. The first kappa shape index (κ1) is 56.4. The van der Waals surface area contributed by atoms with Gasteiger partial charge in [-0.2, -0.15) is 0 Å². The molecule has 1 aliphatic rings. The Kier molecular flexibility index (Phi) is 39.4. The maximum absolute atomic E-state index is 12.8. The molecular weight excluding hydrogens is 769 g/mol. The summed E-state index contributed by atoms with van der Waals surface area (Å²) in [5, 5.41) is 40.2. The highest BCUT2D eigenvalue weighted by molar-refractivity contribution is 5.69. The van der Waals surface area contributed by atoms with E-state index in [1.165, 1.54) is 70.6 Å². The summed E-state index contributed by atoms with van der Waals surface area (Å²) in [4.78, 5) is 12.8. The third-order valence-electron chi connectivity index (χ3n) is 10.6. The van der Waals surface area contributed by atoms with Gasteiger partial charge < -0.3 is 39.4 Å². The van der Waals surface area contributed by atoms with Crippen LogP contribution < -0.4 is 0 Å². The Labute approximate surface area is 371 Å². The van der Waals surface area contributed by atoms with E-state index < -0.39 is 43.4 Å². The molecule has 9 heteroatoms. The molecule has 350 valence electrons. The van der Waals surface area contributed by atoms with Crippen molar-refractivity contribution in [2.75, 3.05) is 26.4 Å². The van der Waals surface area contributed by atoms with Crippen molar-refractivity contribution in [3.8, 4) is 0 Å². The van der Waals surface area contributed by atoms with Crippen LogP contribution in [0.25, 0.3) is 0 Å². The number of hydrogen-bond acceptors (Lipinski definition) is 9. The minimum atomic E-state index is -1.55. The fraction of sp³-hybridized carbons (Fsp3) is 0.712. The van der Waals surface area contributed by atoms with Crippen LogP contribution in [-0.2, 0) is 23.7 Å². The molecule has 0 aromatic carbocycles. The van der Waals surface area contributed by atoms with Crippen molar-refractivity contribution in [2.24, 2.45) is 0 Å². The average Bonchev–Trinajstić information content (AvgIpc) is 3.26. The Hall–Kier alpha value is -2.63. The van der Waals surface area contributed by atoms with Crippen molar-refractivity contribution >= 4 is 5.97 Å². The molecule has 4 N–H and O–H groups in total. The highest BCUT2D eigenvalue weighted by atomic mass is 16.7. The van der Waals surface area contributed by atoms with Gasteiger partial charge in [0.2, 0.25) is 0 Å². The van der Waals surface area contributed by atoms with Crippen molar-refractivity contribution in [3.05, 3.63) is 85.1 Å². The van der Waals surface area contributed by atoms with E-state index in [4.69, 9.17) is 18.9 Å². The van der Waals surface area contributed by atoms with Crippen LogP contribution in [0.5, 0.6) is 0 Å². The highest BCUT2D eigenvalue weighted by Gasteiger charge is 2.44. The van der Waals surface area contributed by atoms with E-state index in [1.54, 1.807) is 0 Å². The first-order valence-corrected chi connectivity index (χ1v) is 24.2. The normalized spacial score (nSPS) is 20.7. The van der Waals surface area contributed by atoms with Crippen LogP contribution in [0.1, 0.15) is 174 Å². The molecular formula is C52H88O9. The van der Waals surface area contributed by atoms with Crippen LogP contribution in [-0.4, -0.2) is 89.6 Å². The molecule has 0 aromatic rings. The quantitative estimate of drug-likeness (QED) is 0.0270. The molecule has 1 saturated heterocycles. The number of ether oxygens (including phenoxy) is 4. The van der Waals surface area contributed by atoms with Crippen LogP contribution in [0, 0.1) is 0 Å². The Morgan fingerprint density at radius 2 is 1.00 bits per heavy atom. The molecule has 0 saturated carbocycles. The Morgan fingerprint density at radius 1 is 0.541 bits per heavy atom. The van der Waals surface area contributed by atoms with Gasteiger partial charge in [0.05, 0.1) is 19.8 Å². The number of aliphatic hydroxyl groups is 4. The number of hydrogen-bond donors (Lipinski definition) is 4. The lowest BCUT2D eigenvalue weighted by molar-refractivity contribution is -0.305. The molecule has 1 heterocycles. The zero-order valence-electron chi connectivity index (χ0n) is 38.4. The van der Waals surface area contributed by atoms with E-state index in [2.05, 4.69) is 98.9 Å². The first-order chi connectivity index (χ1) is 29.9. The van der Waals surface area contributed by atoms with Gasteiger partial charge in [-0.15, -0.1) is 0 Å². The van der Waals surface area contributed by atoms with Gasteiger partial charge >= 0.3 is 5.97 Å². The summed E-state index contributed by atoms with van der Waals surface area (Å²) in [5.74, 6) is -0.331. The highest BCUT2D eigenvalue weighted by Crippen LogP contribution is 2.22. The van der Waals surface area contributed by atoms with E-state index in [0.717, 1.165) is 83.5 Å². The zero-order chi connectivity index (χ0) is 44.3. The van der Waals surface area contributed by atoms with E-state index in [1.807, 2.05) is 0 Å². The SMILES string of the molecule is CC/C=C\C/C=C\C/C=C\C/C=C\C/C=C\C/C=C\C/C=C\CCCCOCC(COC1OC(CO)C(O)C(O)C1O)OC(=O)CCCCCCCCCCCCCCCC. The fourth-order valence-corrected chi connectivity index (χ4v) is 6.82. The molecule has 0 radical (unpaired) electrons. The molecule has 1 fully saturated rings. The molecule has 0 amide bonds. The van der Waals surface area contributed by atoms with Gasteiger partial charge in [0, 0.05) is 13.0 Å². The molecule has 1 aliphatic heterocycles. The fourth-order valence-electron chi connectivity index (χ4n) is 6.82. The standard InChI is InChI=1S/C52H88O9/c1-3-5-7-9-11-13-15-17-19-20-21-22-23-24-25-26-27-28-30-32-34-36-38-40-42-58-44-46(45-59-52-51(57)50(56)49(55)47(43-53)61-52)60-48(54)41-39-37-35-33-31-29-18-16-14-12-10-8-6-4-2/h5,7,11,13,17,19,21-22,24-25,27-28,32,34,46-47,49-53,55-57H,3-4,6,8-10,12,14-16,18,20,23,26,29-31,33,35-45H2,1-2H3/b7-5-,13-11-,19-17-,22-21-,25-24-,28-27-,34-32-. The number of carbonyl (C=O) groups is 1. The minimum absolute atomic E-state index is 0.112. The van der Waals surface area contributed by atoms with Crippen molar-refractivity contribution in [1.82, 2.24) is 0 Å². The van der Waals surface area contributed by atoms with Gasteiger partial charge in [0.15, 0.2) is 6.29 Å². The smallest absolute Gasteiger partial charge is 0.306 e. The lowest BCUT2D eigenvalue weighted by Crippen LogP contribution is -2.59. The second kappa shape index (κ2) is 42.7. The first-order valence-electron chi connectivity index (χ1n) is 24.2. The number of carbonyl (C=O) groups excluding carboxylic acids is 1. The van der Waals surface area contributed by atoms with Crippen LogP contribution in [0.4, 0.5) is 0 Å². The largest absolute Gasteiger partial charge is 0.457 e. The Balaban J connectivity index is 2.28. The van der Waals surface area contributed by atoms with Crippen LogP contribution in [0.3, 0.4) is 0 Å². The van der Waals surface area contributed by atoms with Crippen LogP contribution in [0.15, 0.2) is 85.1 Å². The lowest BCUT2D eigenvalue weighted by Gasteiger charge is -2.39. The van der Waals surface area contributed by atoms with E-state index >= 15 is 0 Å². The second-order valence-corrected chi connectivity index (χ2v) is 16.2. The molecule has 0 bridgehead atoms. The molecule has 0 aliphatic carbocycles. The number of allylic oxidation sites excluding steroid dienone is 14. The molecule has 9 nitrogen and oxygen atoms in total. The van der Waals surface area contributed by atoms with E-state index in [-0.39, 0.29) is 19.2 Å². The van der Waals surface area contributed by atoms with Gasteiger partial charge in [0.1, 0.15) is 30.5 Å². The van der Waals surface area contributed by atoms with Gasteiger partial charge in [0.25, 0.3) is 0 Å². The predicted molar refractivity (Wildman–Crippen MR) is 251 cm³/mol. The topological polar surface area (TPSA) is 135 Å². The second-order valence-electron chi connectivity index (χ2n) is 16.2. The van der Waals surface area contributed by atoms with Crippen molar-refractivity contribution in [2.45, 2.75) is 211 Å². The van der Waals surface area contributed by atoms with Crippen molar-refractivity contribution in [1.29, 1.82) is 0 Å². The third kappa shape index (κ3) is 33.6. The summed E-state index contributed by atoms with van der Waals surface area (Å²) in [6.45, 7) is 4.33. The Morgan fingerprint density at radius 3 is 1.48 bits per heavy atom. The molecule has 61 heavy (non-hydrogen) atoms. The molecule has 1 rings (SSSR count). The third-order valence-corrected chi connectivity index (χ3v) is 10.6. The molecule has 6 atom stereocenters. The average molecular weight is 857 g/mol. The maximum Gasteiger partial charge on any atom is 0.306 e. The molecule has 0 spiro atoms. The van der Waals surface area contributed by atoms with Crippen molar-refractivity contribution < 1.29 is 44.2 Å². The summed E-state index contributed by atoms with van der Waals surface area (Å²) in [5.41, 5.74) is 0. The minimum Gasteiger partial charge on any atom is -0.457 e. The number of esters is 1. The monoisotopic (exact) mass is 857 g/mol. The summed E-state index contributed by atoms with van der Waals surface area (Å²) < 4.78 is 22.8. The molecule has 6 unspecified atom stereocenters. The van der Waals surface area contributed by atoms with Crippen molar-refractivity contribution in [3.63, 3.8) is 0 Å². The zero-order valence-corrected chi connectivity index (χ0v) is 38.4. The Bertz CT molecular complexity index is 1200. The lowest BCUT2D eigenvalue weighted by atomic mass is 9.99. The number of unbranched alkanes of at least 4 members (excludes halogenated alkanes) is 15. The number of rotatable bonds is 40. The van der Waals surface area contributed by atoms with Crippen LogP contribution in [0.2, 0.25) is 0 Å². The summed E-state index contributed by atoms with van der Waals surface area (Å²) in [6, 6.07) is 0. The van der Waals surface area contributed by atoms with Crippen LogP contribution >= 0.6 is 0 Å². The predicted octanol–water partition coefficient (Wildman–Crippen LogP) is 11.4. The summed E-state index contributed by atoms with van der Waals surface area (Å²) >= 11 is 0. The maximum atomic E-state index is 12.8. The van der Waals surface area contributed by atoms with E-state index in [9.17, 15) is 25.2 Å². The van der Waals surface area contributed by atoms with Gasteiger partial charge in [-0.1, -0.05) is 182 Å². The van der Waals surface area contributed by atoms with E-state index in [0.29, 0.717) is 13.0 Å². The van der Waals surface area contributed by atoms with Gasteiger partial charge in [-0.05, 0) is 70.6 Å². The summed E-state index contributed by atoms with van der Waals surface area (Å²) in [6.07, 6.45) is 50.4. The number of aliphatic hydroxyl groups excluding tert-OH is 4. The van der Waals surface area contributed by atoms with Gasteiger partial charge in [-0.3, -0.25) is 4.79 Å². The molecule has 0 aromatic heterocycles.